The van der Waals surface area contributed by atoms with E-state index in [0.29, 0.717) is 12.4 Å². The SMILES string of the molecule is O=S(=O)(O)Nc1ccc(OCc2ccccc2)cc1. The van der Waals surface area contributed by atoms with Gasteiger partial charge in [-0.2, -0.15) is 8.42 Å². The molecule has 0 aromatic heterocycles. The lowest BCUT2D eigenvalue weighted by atomic mass is 10.2. The van der Waals surface area contributed by atoms with Crippen LogP contribution in [0, 0.1) is 0 Å². The number of anilines is 1. The standard InChI is InChI=1S/C13H13NO4S/c15-19(16,17)14-12-6-8-13(9-7-12)18-10-11-4-2-1-3-5-11/h1-9,14H,10H2,(H,15,16,17). The molecule has 0 heterocycles. The number of rotatable bonds is 5. The Hall–Kier alpha value is -2.05. The van der Waals surface area contributed by atoms with E-state index in [4.69, 9.17) is 9.29 Å². The molecule has 0 saturated heterocycles. The maximum atomic E-state index is 10.6. The summed E-state index contributed by atoms with van der Waals surface area (Å²) >= 11 is 0. The lowest BCUT2D eigenvalue weighted by Gasteiger charge is -2.07. The predicted octanol–water partition coefficient (Wildman–Crippen LogP) is 2.48. The largest absolute Gasteiger partial charge is 0.489 e. The molecule has 5 nitrogen and oxygen atoms in total. The van der Waals surface area contributed by atoms with Gasteiger partial charge in [0.1, 0.15) is 12.4 Å². The van der Waals surface area contributed by atoms with Gasteiger partial charge in [0, 0.05) is 0 Å². The summed E-state index contributed by atoms with van der Waals surface area (Å²) in [5, 5.41) is 0. The van der Waals surface area contributed by atoms with Crippen LogP contribution in [0.15, 0.2) is 54.6 Å². The normalized spacial score (nSPS) is 11.0. The Kier molecular flexibility index (Phi) is 4.03. The third kappa shape index (κ3) is 4.61. The average molecular weight is 279 g/mol. The van der Waals surface area contributed by atoms with Crippen LogP contribution in [-0.2, 0) is 16.9 Å². The molecule has 2 aromatic carbocycles. The van der Waals surface area contributed by atoms with Crippen molar-refractivity contribution in [2.45, 2.75) is 6.61 Å². The van der Waals surface area contributed by atoms with Gasteiger partial charge in [0.05, 0.1) is 5.69 Å². The Morgan fingerprint density at radius 3 is 2.21 bits per heavy atom. The molecule has 0 saturated carbocycles. The van der Waals surface area contributed by atoms with E-state index in [-0.39, 0.29) is 5.69 Å². The highest BCUT2D eigenvalue weighted by Crippen LogP contribution is 2.17. The number of benzene rings is 2. The highest BCUT2D eigenvalue weighted by atomic mass is 32.2. The molecular formula is C13H13NO4S. The molecule has 100 valence electrons. The van der Waals surface area contributed by atoms with Crippen molar-refractivity contribution in [2.75, 3.05) is 4.72 Å². The van der Waals surface area contributed by atoms with E-state index in [1.54, 1.807) is 12.1 Å². The summed E-state index contributed by atoms with van der Waals surface area (Å²) < 4.78 is 37.3. The molecule has 0 radical (unpaired) electrons. The number of hydrogen-bond acceptors (Lipinski definition) is 3. The zero-order valence-electron chi connectivity index (χ0n) is 9.98. The van der Waals surface area contributed by atoms with Crippen molar-refractivity contribution >= 4 is 16.0 Å². The molecule has 0 fully saturated rings. The van der Waals surface area contributed by atoms with Crippen molar-refractivity contribution < 1.29 is 17.7 Å². The molecular weight excluding hydrogens is 266 g/mol. The van der Waals surface area contributed by atoms with Gasteiger partial charge >= 0.3 is 10.3 Å². The fraction of sp³-hybridized carbons (Fsp3) is 0.0769. The molecule has 2 N–H and O–H groups in total. The van der Waals surface area contributed by atoms with Crippen molar-refractivity contribution in [1.82, 2.24) is 0 Å². The molecule has 19 heavy (non-hydrogen) atoms. The Bertz CT molecular complexity index is 623. The highest BCUT2D eigenvalue weighted by molar-refractivity contribution is 7.87. The van der Waals surface area contributed by atoms with Crippen molar-refractivity contribution in [2.24, 2.45) is 0 Å². The third-order valence-corrected chi connectivity index (χ3v) is 2.84. The molecule has 2 aromatic rings. The molecule has 0 aliphatic heterocycles. The fourth-order valence-corrected chi connectivity index (χ4v) is 1.94. The van der Waals surface area contributed by atoms with Crippen LogP contribution in [0.4, 0.5) is 5.69 Å². The van der Waals surface area contributed by atoms with Crippen LogP contribution < -0.4 is 9.46 Å². The van der Waals surface area contributed by atoms with E-state index in [1.807, 2.05) is 35.1 Å². The van der Waals surface area contributed by atoms with Gasteiger partial charge in [0.2, 0.25) is 0 Å². The van der Waals surface area contributed by atoms with E-state index in [2.05, 4.69) is 0 Å². The monoisotopic (exact) mass is 279 g/mol. The molecule has 2 rings (SSSR count). The van der Waals surface area contributed by atoms with Gasteiger partial charge in [-0.15, -0.1) is 0 Å². The Morgan fingerprint density at radius 2 is 1.63 bits per heavy atom. The molecule has 0 unspecified atom stereocenters. The maximum absolute atomic E-state index is 10.6. The quantitative estimate of drug-likeness (QED) is 0.824. The lowest BCUT2D eigenvalue weighted by molar-refractivity contribution is 0.306. The molecule has 0 aliphatic carbocycles. The average Bonchev–Trinajstić information content (AvgIpc) is 2.37. The van der Waals surface area contributed by atoms with E-state index in [0.717, 1.165) is 5.56 Å². The van der Waals surface area contributed by atoms with Crippen molar-refractivity contribution in [3.8, 4) is 5.75 Å². The maximum Gasteiger partial charge on any atom is 0.357 e. The second-order valence-electron chi connectivity index (χ2n) is 3.88. The van der Waals surface area contributed by atoms with Gasteiger partial charge in [-0.05, 0) is 29.8 Å². The summed E-state index contributed by atoms with van der Waals surface area (Å²) in [7, 11) is -4.24. The Labute approximate surface area is 111 Å². The van der Waals surface area contributed by atoms with Crippen molar-refractivity contribution in [1.29, 1.82) is 0 Å². The van der Waals surface area contributed by atoms with Crippen LogP contribution in [0.5, 0.6) is 5.75 Å². The number of nitrogens with one attached hydrogen (secondary N) is 1. The molecule has 0 amide bonds. The first-order chi connectivity index (χ1) is 9.03. The van der Waals surface area contributed by atoms with Crippen LogP contribution in [0.1, 0.15) is 5.56 Å². The molecule has 6 heteroatoms. The number of hydrogen-bond donors (Lipinski definition) is 2. The summed E-state index contributed by atoms with van der Waals surface area (Å²) in [6.07, 6.45) is 0. The minimum absolute atomic E-state index is 0.273. The van der Waals surface area contributed by atoms with Gasteiger partial charge in [0.15, 0.2) is 0 Å². The third-order valence-electron chi connectivity index (χ3n) is 2.35. The van der Waals surface area contributed by atoms with Crippen LogP contribution in [0.25, 0.3) is 0 Å². The topological polar surface area (TPSA) is 75.6 Å². The second kappa shape index (κ2) is 5.73. The number of ether oxygens (including phenoxy) is 1. The van der Waals surface area contributed by atoms with Gasteiger partial charge < -0.3 is 4.74 Å². The van der Waals surface area contributed by atoms with E-state index in [1.165, 1.54) is 12.1 Å². The van der Waals surface area contributed by atoms with Gasteiger partial charge in [-0.1, -0.05) is 30.3 Å². The van der Waals surface area contributed by atoms with Gasteiger partial charge in [-0.3, -0.25) is 9.27 Å². The fourth-order valence-electron chi connectivity index (χ4n) is 1.51. The first-order valence-corrected chi connectivity index (χ1v) is 6.99. The smallest absolute Gasteiger partial charge is 0.357 e. The Balaban J connectivity index is 1.96. The van der Waals surface area contributed by atoms with Crippen LogP contribution >= 0.6 is 0 Å². The van der Waals surface area contributed by atoms with Gasteiger partial charge in [0.25, 0.3) is 0 Å². The second-order valence-corrected chi connectivity index (χ2v) is 5.03. The molecule has 0 atom stereocenters. The Morgan fingerprint density at radius 1 is 1.00 bits per heavy atom. The first-order valence-electron chi connectivity index (χ1n) is 5.55. The minimum Gasteiger partial charge on any atom is -0.489 e. The summed E-state index contributed by atoms with van der Waals surface area (Å²) in [6.45, 7) is 0.436. The van der Waals surface area contributed by atoms with Crippen LogP contribution in [0.3, 0.4) is 0 Å². The highest BCUT2D eigenvalue weighted by Gasteiger charge is 2.03. The van der Waals surface area contributed by atoms with E-state index in [9.17, 15) is 8.42 Å². The minimum atomic E-state index is -4.24. The van der Waals surface area contributed by atoms with E-state index < -0.39 is 10.3 Å². The predicted molar refractivity (Wildman–Crippen MR) is 72.4 cm³/mol. The summed E-state index contributed by atoms with van der Waals surface area (Å²) in [4.78, 5) is 0. The molecule has 0 aliphatic rings. The molecule has 0 spiro atoms. The zero-order valence-corrected chi connectivity index (χ0v) is 10.8. The van der Waals surface area contributed by atoms with Crippen LogP contribution in [-0.4, -0.2) is 13.0 Å². The lowest BCUT2D eigenvalue weighted by Crippen LogP contribution is -2.10. The van der Waals surface area contributed by atoms with Crippen molar-refractivity contribution in [3.63, 3.8) is 0 Å². The zero-order chi connectivity index (χ0) is 13.7. The van der Waals surface area contributed by atoms with E-state index >= 15 is 0 Å². The van der Waals surface area contributed by atoms with Crippen molar-refractivity contribution in [3.05, 3.63) is 60.2 Å². The summed E-state index contributed by atoms with van der Waals surface area (Å²) in [5.74, 6) is 0.616. The van der Waals surface area contributed by atoms with Crippen LogP contribution in [0.2, 0.25) is 0 Å². The molecule has 0 bridgehead atoms. The summed E-state index contributed by atoms with van der Waals surface area (Å²) in [5.41, 5.74) is 1.32. The van der Waals surface area contributed by atoms with Gasteiger partial charge in [-0.25, -0.2) is 0 Å². The summed E-state index contributed by atoms with van der Waals surface area (Å²) in [6, 6.07) is 16.0. The first kappa shape index (κ1) is 13.4.